The molecule has 1 amide bonds. The van der Waals surface area contributed by atoms with Crippen LogP contribution in [0.2, 0.25) is 0 Å². The number of nitrogens with zero attached hydrogens (tertiary/aromatic N) is 1. The first kappa shape index (κ1) is 19.2. The highest BCUT2D eigenvalue weighted by molar-refractivity contribution is 7.36. The second kappa shape index (κ2) is 6.44. The summed E-state index contributed by atoms with van der Waals surface area (Å²) in [5.41, 5.74) is -1.69. The van der Waals surface area contributed by atoms with Gasteiger partial charge in [0.2, 0.25) is 0 Å². The molecule has 1 aliphatic heterocycles. The molecule has 4 rings (SSSR count). The molecular weight excluding hydrogens is 412 g/mol. The topological polar surface area (TPSA) is 29.5 Å². The molecule has 9 heteroatoms. The fourth-order valence-electron chi connectivity index (χ4n) is 3.27. The second-order valence-electron chi connectivity index (χ2n) is 6.64. The van der Waals surface area contributed by atoms with Crippen LogP contribution in [0.25, 0.3) is 11.1 Å². The molecule has 0 aromatic heterocycles. The molecule has 0 radical (unpaired) electrons. The van der Waals surface area contributed by atoms with Crippen molar-refractivity contribution in [2.75, 3.05) is 11.4 Å². The van der Waals surface area contributed by atoms with Gasteiger partial charge in [-0.15, -0.1) is 24.9 Å². The van der Waals surface area contributed by atoms with Crippen LogP contribution in [-0.4, -0.2) is 18.1 Å². The molecule has 0 N–H and O–H groups in total. The van der Waals surface area contributed by atoms with Crippen LogP contribution in [0.1, 0.15) is 12.8 Å². The predicted molar refractivity (Wildman–Crippen MR) is 104 cm³/mol. The molecule has 144 valence electrons. The van der Waals surface area contributed by atoms with Crippen molar-refractivity contribution in [1.29, 1.82) is 0 Å². The van der Waals surface area contributed by atoms with Crippen LogP contribution in [0.3, 0.4) is 0 Å². The molecule has 2 aromatic carbocycles. The maximum atomic E-state index is 14.8. The highest BCUT2D eigenvalue weighted by Gasteiger charge is 2.58. The molecule has 1 spiro atoms. The van der Waals surface area contributed by atoms with Crippen molar-refractivity contribution in [3.8, 4) is 29.2 Å². The van der Waals surface area contributed by atoms with E-state index in [2.05, 4.69) is 15.2 Å². The number of carbonyl (C=O) groups is 1. The minimum absolute atomic E-state index is 0.0644. The van der Waals surface area contributed by atoms with Gasteiger partial charge in [0, 0.05) is 35.3 Å². The van der Waals surface area contributed by atoms with Gasteiger partial charge in [0.25, 0.3) is 5.91 Å². The molecule has 2 unspecified atom stereocenters. The summed E-state index contributed by atoms with van der Waals surface area (Å²) in [7, 11) is 4.04. The lowest BCUT2D eigenvalue weighted by atomic mass is 10.0. The Balaban J connectivity index is 1.96. The normalized spacial score (nSPS) is 16.6. The van der Waals surface area contributed by atoms with Crippen molar-refractivity contribution in [3.05, 3.63) is 35.4 Å². The Kier molecular flexibility index (Phi) is 4.41. The Morgan fingerprint density at radius 1 is 1.11 bits per heavy atom. The second-order valence-corrected chi connectivity index (χ2v) is 7.79. The number of ether oxygens (including phenoxy) is 1. The van der Waals surface area contributed by atoms with Crippen LogP contribution < -0.4 is 20.2 Å². The number of amides is 1. The number of hydrogen-bond acceptors (Lipinski definition) is 2. The van der Waals surface area contributed by atoms with E-state index in [0.717, 1.165) is 6.07 Å². The van der Waals surface area contributed by atoms with Crippen molar-refractivity contribution in [3.63, 3.8) is 0 Å². The fourth-order valence-corrected chi connectivity index (χ4v) is 3.95. The largest absolute Gasteiger partial charge is 0.475 e. The smallest absolute Gasteiger partial charge is 0.272 e. The van der Waals surface area contributed by atoms with Crippen LogP contribution in [0, 0.1) is 35.6 Å². The maximum Gasteiger partial charge on any atom is 0.272 e. The lowest BCUT2D eigenvalue weighted by Gasteiger charge is -2.34. The van der Waals surface area contributed by atoms with E-state index in [4.69, 9.17) is 11.2 Å². The van der Waals surface area contributed by atoms with Gasteiger partial charge in [-0.25, -0.2) is 17.6 Å². The molecule has 1 heterocycles. The zero-order valence-corrected chi connectivity index (χ0v) is 16.6. The van der Waals surface area contributed by atoms with Gasteiger partial charge in [-0.05, 0) is 11.4 Å². The van der Waals surface area contributed by atoms with Gasteiger partial charge in [0.1, 0.15) is 11.6 Å². The third-order valence-corrected chi connectivity index (χ3v) is 6.40. The van der Waals surface area contributed by atoms with Crippen molar-refractivity contribution < 1.29 is 27.1 Å². The first-order valence-corrected chi connectivity index (χ1v) is 9.37. The molecule has 1 aliphatic carbocycles. The van der Waals surface area contributed by atoms with Crippen molar-refractivity contribution >= 4 is 40.7 Å². The average molecular weight is 425 g/mol. The van der Waals surface area contributed by atoms with E-state index in [1.54, 1.807) is 0 Å². The summed E-state index contributed by atoms with van der Waals surface area (Å²) in [5.74, 6) is -3.43. The van der Waals surface area contributed by atoms with Crippen LogP contribution in [0.4, 0.5) is 23.2 Å². The molecule has 2 atom stereocenters. The third-order valence-electron chi connectivity index (χ3n) is 4.90. The fraction of sp³-hybridized carbons (Fsp3) is 0.211. The van der Waals surface area contributed by atoms with Crippen molar-refractivity contribution in [2.24, 2.45) is 0 Å². The van der Waals surface area contributed by atoms with E-state index in [-0.39, 0.29) is 40.1 Å². The molecule has 1 saturated carbocycles. The summed E-state index contributed by atoms with van der Waals surface area (Å²) in [6.45, 7) is -0.0924. The Morgan fingerprint density at radius 3 is 2.39 bits per heavy atom. The lowest BCUT2D eigenvalue weighted by molar-refractivity contribution is -0.128. The monoisotopic (exact) mass is 425 g/mol. The Bertz CT molecular complexity index is 1060. The summed E-state index contributed by atoms with van der Waals surface area (Å²) >= 11 is 0. The van der Waals surface area contributed by atoms with E-state index in [1.165, 1.54) is 11.0 Å². The molecule has 2 aromatic rings. The summed E-state index contributed by atoms with van der Waals surface area (Å²) in [4.78, 5) is 14.0. The van der Waals surface area contributed by atoms with E-state index >= 15 is 0 Å². The summed E-state index contributed by atoms with van der Waals surface area (Å²) in [6, 6.07) is 2.18. The van der Waals surface area contributed by atoms with Crippen LogP contribution >= 0.6 is 18.5 Å². The first-order chi connectivity index (χ1) is 13.2. The van der Waals surface area contributed by atoms with Gasteiger partial charge >= 0.3 is 0 Å². The highest BCUT2D eigenvalue weighted by Crippen LogP contribution is 2.50. The number of terminal acetylenes is 1. The van der Waals surface area contributed by atoms with Gasteiger partial charge in [-0.3, -0.25) is 9.69 Å². The van der Waals surface area contributed by atoms with Gasteiger partial charge in [0.15, 0.2) is 23.1 Å². The molecule has 28 heavy (non-hydrogen) atoms. The molecular formula is C19H13F4NO2P2. The van der Waals surface area contributed by atoms with Gasteiger partial charge < -0.3 is 4.74 Å². The Hall–Kier alpha value is -2.15. The number of carbonyl (C=O) groups excluding carboxylic acids is 1. The summed E-state index contributed by atoms with van der Waals surface area (Å²) in [5, 5.41) is -0.314. The Morgan fingerprint density at radius 2 is 1.79 bits per heavy atom. The van der Waals surface area contributed by atoms with E-state index in [0.29, 0.717) is 12.8 Å². The summed E-state index contributed by atoms with van der Waals surface area (Å²) in [6.07, 6.45) is 6.33. The number of fused-ring (bicyclic) bond motifs is 1. The molecule has 1 fully saturated rings. The SMILES string of the molecule is C#CCN1C(=O)C2(CC2)Oc2cc(F)c(-c3c(F)c(F)c(F)c(P)c3P)cc21. The van der Waals surface area contributed by atoms with Crippen molar-refractivity contribution in [1.82, 2.24) is 0 Å². The highest BCUT2D eigenvalue weighted by atomic mass is 31.0. The maximum absolute atomic E-state index is 14.8. The van der Waals surface area contributed by atoms with E-state index in [1.807, 2.05) is 9.24 Å². The lowest BCUT2D eigenvalue weighted by Crippen LogP contribution is -2.48. The standard InChI is InChI=1S/C19H13F4NO2P2/c1-2-5-24-10-6-8(12-13(21)14(22)15(23)17(28)16(12)27)9(20)7-11(10)26-19(3-4-19)18(24)25/h1,6-7H,3-5,27-28H2. The zero-order valence-electron chi connectivity index (χ0n) is 14.3. The summed E-state index contributed by atoms with van der Waals surface area (Å²) < 4.78 is 62.8. The van der Waals surface area contributed by atoms with Crippen molar-refractivity contribution in [2.45, 2.75) is 18.4 Å². The third kappa shape index (κ3) is 2.63. The van der Waals surface area contributed by atoms with Crippen LogP contribution in [0.5, 0.6) is 5.75 Å². The number of anilines is 1. The van der Waals surface area contributed by atoms with Crippen LogP contribution in [-0.2, 0) is 4.79 Å². The molecule has 3 nitrogen and oxygen atoms in total. The minimum atomic E-state index is -1.71. The van der Waals surface area contributed by atoms with Gasteiger partial charge in [0.05, 0.1) is 12.2 Å². The van der Waals surface area contributed by atoms with E-state index < -0.39 is 34.4 Å². The average Bonchev–Trinajstić information content (AvgIpc) is 3.44. The minimum Gasteiger partial charge on any atom is -0.475 e. The van der Waals surface area contributed by atoms with Crippen LogP contribution in [0.15, 0.2) is 12.1 Å². The van der Waals surface area contributed by atoms with E-state index in [9.17, 15) is 22.4 Å². The molecule has 2 aliphatic rings. The number of benzene rings is 2. The zero-order chi connectivity index (χ0) is 20.4. The number of halogens is 4. The number of hydrogen-bond donors (Lipinski definition) is 0. The predicted octanol–water partition coefficient (Wildman–Crippen LogP) is 2.80. The molecule has 0 saturated heterocycles. The molecule has 0 bridgehead atoms. The number of rotatable bonds is 2. The van der Waals surface area contributed by atoms with Gasteiger partial charge in [-0.1, -0.05) is 5.92 Å². The first-order valence-electron chi connectivity index (χ1n) is 8.21. The quantitative estimate of drug-likeness (QED) is 0.321. The Labute approximate surface area is 162 Å². The van der Waals surface area contributed by atoms with Gasteiger partial charge in [-0.2, -0.15) is 0 Å².